The summed E-state index contributed by atoms with van der Waals surface area (Å²) in [6.45, 7) is 4.06. The molecule has 55 heavy (non-hydrogen) atoms. The van der Waals surface area contributed by atoms with Crippen LogP contribution in [0, 0.1) is 0 Å². The van der Waals surface area contributed by atoms with Crippen molar-refractivity contribution in [2.24, 2.45) is 0 Å². The zero-order chi connectivity index (χ0) is 40.3. The van der Waals surface area contributed by atoms with E-state index in [1.165, 1.54) is 180 Å². The van der Waals surface area contributed by atoms with E-state index in [1.807, 2.05) is 0 Å². The number of aliphatic hydroxyl groups excluding tert-OH is 4. The van der Waals surface area contributed by atoms with Gasteiger partial charge in [-0.15, -0.1) is 0 Å². The molecule has 0 bridgehead atoms. The molecule has 0 heterocycles. The molecule has 5 N–H and O–H groups in total. The molecule has 6 nitrogen and oxygen atoms in total. The molecule has 0 radical (unpaired) electrons. The lowest BCUT2D eigenvalue weighted by Gasteiger charge is -2.27. The second-order valence-electron chi connectivity index (χ2n) is 16.8. The summed E-state index contributed by atoms with van der Waals surface area (Å²) in [6, 6.07) is -1.00. The first kappa shape index (κ1) is 53.8. The van der Waals surface area contributed by atoms with E-state index in [1.54, 1.807) is 0 Å². The SMILES string of the molecule is CCCCCCCCCCCCCC/C=C/CC/C=C/CCCC(O)C(O)C(CO)NC(=O)C(O)CCCCCCCCCCCCCCCCCCCC. The molecule has 0 spiro atoms. The van der Waals surface area contributed by atoms with Crippen LogP contribution in [0.25, 0.3) is 0 Å². The van der Waals surface area contributed by atoms with E-state index in [2.05, 4.69) is 43.5 Å². The maximum atomic E-state index is 12.5. The predicted molar refractivity (Wildman–Crippen MR) is 237 cm³/mol. The van der Waals surface area contributed by atoms with E-state index in [4.69, 9.17) is 0 Å². The highest BCUT2D eigenvalue weighted by Gasteiger charge is 2.28. The fourth-order valence-electron chi connectivity index (χ4n) is 7.54. The summed E-state index contributed by atoms with van der Waals surface area (Å²) < 4.78 is 0. The fraction of sp³-hybridized carbons (Fsp3) is 0.898. The summed E-state index contributed by atoms with van der Waals surface area (Å²) in [7, 11) is 0. The zero-order valence-electron chi connectivity index (χ0n) is 36.7. The van der Waals surface area contributed by atoms with Gasteiger partial charge in [-0.3, -0.25) is 4.79 Å². The van der Waals surface area contributed by atoms with Gasteiger partial charge < -0.3 is 25.7 Å². The molecule has 0 rings (SSSR count). The van der Waals surface area contributed by atoms with E-state index in [0.29, 0.717) is 19.3 Å². The van der Waals surface area contributed by atoms with Crippen molar-refractivity contribution in [2.45, 2.75) is 276 Å². The number of carbonyl (C=O) groups is 1. The minimum absolute atomic E-state index is 0.364. The Labute approximate surface area is 342 Å². The van der Waals surface area contributed by atoms with Gasteiger partial charge in [0.15, 0.2) is 0 Å². The molecule has 4 atom stereocenters. The Kier molecular flexibility index (Phi) is 42.9. The molecule has 0 saturated heterocycles. The smallest absolute Gasteiger partial charge is 0.249 e. The Hall–Kier alpha value is -1.21. The van der Waals surface area contributed by atoms with Crippen molar-refractivity contribution in [2.75, 3.05) is 6.61 Å². The van der Waals surface area contributed by atoms with Crippen molar-refractivity contribution in [3.8, 4) is 0 Å². The number of carbonyl (C=O) groups excluding carboxylic acids is 1. The monoisotopic (exact) mass is 778 g/mol. The Morgan fingerprint density at radius 2 is 0.764 bits per heavy atom. The Morgan fingerprint density at radius 1 is 0.436 bits per heavy atom. The van der Waals surface area contributed by atoms with Gasteiger partial charge in [0.25, 0.3) is 0 Å². The van der Waals surface area contributed by atoms with Gasteiger partial charge in [0, 0.05) is 0 Å². The molecule has 0 aliphatic heterocycles. The van der Waals surface area contributed by atoms with Crippen LogP contribution in [0.5, 0.6) is 0 Å². The predicted octanol–water partition coefficient (Wildman–Crippen LogP) is 13.1. The quantitative estimate of drug-likeness (QED) is 0.0313. The lowest BCUT2D eigenvalue weighted by Crippen LogP contribution is -2.53. The highest BCUT2D eigenvalue weighted by atomic mass is 16.3. The minimum atomic E-state index is -1.29. The number of unbranched alkanes of at least 4 members (excludes halogenated alkanes) is 31. The van der Waals surface area contributed by atoms with Crippen molar-refractivity contribution >= 4 is 5.91 Å². The second kappa shape index (κ2) is 43.9. The van der Waals surface area contributed by atoms with Crippen LogP contribution in [0.4, 0.5) is 0 Å². The highest BCUT2D eigenvalue weighted by Crippen LogP contribution is 2.16. The minimum Gasteiger partial charge on any atom is -0.394 e. The molecule has 1 amide bonds. The molecule has 0 aromatic heterocycles. The van der Waals surface area contributed by atoms with Gasteiger partial charge in [0.2, 0.25) is 5.91 Å². The van der Waals surface area contributed by atoms with Crippen LogP contribution >= 0.6 is 0 Å². The summed E-state index contributed by atoms with van der Waals surface area (Å²) >= 11 is 0. The van der Waals surface area contributed by atoms with Crippen molar-refractivity contribution in [3.05, 3.63) is 24.3 Å². The number of hydrogen-bond acceptors (Lipinski definition) is 5. The van der Waals surface area contributed by atoms with Crippen molar-refractivity contribution in [1.82, 2.24) is 5.32 Å². The maximum absolute atomic E-state index is 12.5. The lowest BCUT2D eigenvalue weighted by atomic mass is 10.00. The molecule has 0 aromatic carbocycles. The van der Waals surface area contributed by atoms with Crippen LogP contribution in [0.15, 0.2) is 24.3 Å². The standard InChI is InChI=1S/C49H95NO5/c1-3-5-7-9-11-13-15-17-19-21-23-24-25-27-28-30-32-34-36-38-40-42-46(52)48(54)45(44-51)50-49(55)47(53)43-41-39-37-35-33-31-29-26-22-20-18-16-14-12-10-8-6-4-2/h27-28,34,36,45-48,51-54H,3-26,29-33,35,37-44H2,1-2H3,(H,50,55)/b28-27+,36-34+. The molecule has 4 unspecified atom stereocenters. The van der Waals surface area contributed by atoms with Gasteiger partial charge >= 0.3 is 0 Å². The van der Waals surface area contributed by atoms with Crippen LogP contribution in [0.2, 0.25) is 0 Å². The summed E-state index contributed by atoms with van der Waals surface area (Å²) in [5, 5.41) is 43.8. The van der Waals surface area contributed by atoms with Crippen LogP contribution in [0.1, 0.15) is 251 Å². The van der Waals surface area contributed by atoms with Crippen molar-refractivity contribution in [1.29, 1.82) is 0 Å². The number of hydrogen-bond donors (Lipinski definition) is 5. The van der Waals surface area contributed by atoms with E-state index >= 15 is 0 Å². The van der Waals surface area contributed by atoms with Crippen LogP contribution in [-0.4, -0.2) is 57.3 Å². The summed E-state index contributed by atoms with van der Waals surface area (Å²) in [5.41, 5.74) is 0. The largest absolute Gasteiger partial charge is 0.394 e. The number of aliphatic hydroxyl groups is 4. The third-order valence-electron chi connectivity index (χ3n) is 11.4. The molecule has 0 aliphatic carbocycles. The third kappa shape index (κ3) is 38.1. The summed E-state index contributed by atoms with van der Waals surface area (Å²) in [6.07, 6.45) is 50.8. The molecule has 0 fully saturated rings. The number of allylic oxidation sites excluding steroid dienone is 4. The van der Waals surface area contributed by atoms with Gasteiger partial charge in [0.05, 0.1) is 18.8 Å². The molecule has 0 aliphatic rings. The highest BCUT2D eigenvalue weighted by molar-refractivity contribution is 5.80. The van der Waals surface area contributed by atoms with Crippen molar-refractivity contribution in [3.63, 3.8) is 0 Å². The molecular weight excluding hydrogens is 683 g/mol. The van der Waals surface area contributed by atoms with E-state index in [9.17, 15) is 25.2 Å². The first-order valence-electron chi connectivity index (χ1n) is 24.2. The van der Waals surface area contributed by atoms with E-state index < -0.39 is 36.9 Å². The molecule has 326 valence electrons. The van der Waals surface area contributed by atoms with Crippen molar-refractivity contribution < 1.29 is 25.2 Å². The Morgan fingerprint density at radius 3 is 1.15 bits per heavy atom. The van der Waals surface area contributed by atoms with Crippen LogP contribution in [-0.2, 0) is 4.79 Å². The van der Waals surface area contributed by atoms with E-state index in [-0.39, 0.29) is 0 Å². The first-order chi connectivity index (χ1) is 27.0. The third-order valence-corrected chi connectivity index (χ3v) is 11.4. The molecule has 0 saturated carbocycles. The Bertz CT molecular complexity index is 832. The van der Waals surface area contributed by atoms with Gasteiger partial charge in [-0.25, -0.2) is 0 Å². The average molecular weight is 778 g/mol. The number of rotatable bonds is 44. The molecule has 0 aromatic rings. The van der Waals surface area contributed by atoms with Crippen LogP contribution < -0.4 is 5.32 Å². The first-order valence-corrected chi connectivity index (χ1v) is 24.2. The Balaban J connectivity index is 3.75. The van der Waals surface area contributed by atoms with Gasteiger partial charge in [-0.2, -0.15) is 0 Å². The molecular formula is C49H95NO5. The van der Waals surface area contributed by atoms with Gasteiger partial charge in [0.1, 0.15) is 12.2 Å². The normalized spacial score (nSPS) is 14.2. The summed E-state index contributed by atoms with van der Waals surface area (Å²) in [5.74, 6) is -0.594. The lowest BCUT2D eigenvalue weighted by molar-refractivity contribution is -0.132. The van der Waals surface area contributed by atoms with Crippen LogP contribution in [0.3, 0.4) is 0 Å². The molecule has 6 heteroatoms. The summed E-state index contributed by atoms with van der Waals surface area (Å²) in [4.78, 5) is 12.5. The van der Waals surface area contributed by atoms with Gasteiger partial charge in [-0.05, 0) is 51.4 Å². The fourth-order valence-corrected chi connectivity index (χ4v) is 7.54. The average Bonchev–Trinajstić information content (AvgIpc) is 3.19. The van der Waals surface area contributed by atoms with Gasteiger partial charge in [-0.1, -0.05) is 224 Å². The zero-order valence-corrected chi connectivity index (χ0v) is 36.7. The number of amides is 1. The number of nitrogens with one attached hydrogen (secondary N) is 1. The topological polar surface area (TPSA) is 110 Å². The maximum Gasteiger partial charge on any atom is 0.249 e. The van der Waals surface area contributed by atoms with E-state index in [0.717, 1.165) is 38.5 Å². The second-order valence-corrected chi connectivity index (χ2v) is 16.8.